The van der Waals surface area contributed by atoms with E-state index in [1.807, 2.05) is 0 Å². The van der Waals surface area contributed by atoms with Gasteiger partial charge in [0.1, 0.15) is 0 Å². The minimum atomic E-state index is 0.152. The summed E-state index contributed by atoms with van der Waals surface area (Å²) in [6.07, 6.45) is 1.67. The van der Waals surface area contributed by atoms with Crippen molar-refractivity contribution in [3.05, 3.63) is 34.9 Å². The number of rotatable bonds is 1. The Balaban J connectivity index is 2.56. The first-order chi connectivity index (χ1) is 7.42. The molecule has 1 nitrogen and oxygen atoms in total. The van der Waals surface area contributed by atoms with Gasteiger partial charge in [0, 0.05) is 12.0 Å². The zero-order valence-corrected chi connectivity index (χ0v) is 10.6. The van der Waals surface area contributed by atoms with Crippen molar-refractivity contribution >= 4 is 5.78 Å². The fourth-order valence-electron chi connectivity index (χ4n) is 2.44. The smallest absolute Gasteiger partial charge is 0.163 e. The monoisotopic (exact) mass is 216 g/mol. The van der Waals surface area contributed by atoms with Gasteiger partial charge in [-0.25, -0.2) is 0 Å². The Labute approximate surface area is 97.9 Å². The van der Waals surface area contributed by atoms with Gasteiger partial charge >= 0.3 is 0 Å². The Morgan fingerprint density at radius 1 is 1.25 bits per heavy atom. The van der Waals surface area contributed by atoms with Crippen LogP contribution in [0.4, 0.5) is 0 Å². The highest BCUT2D eigenvalue weighted by Crippen LogP contribution is 2.37. The lowest BCUT2D eigenvalue weighted by Gasteiger charge is -2.32. The number of Topliss-reactive ketones (excluding diaryl/α,β-unsaturated/α-hetero) is 1. The third-order valence-electron chi connectivity index (χ3n) is 3.72. The topological polar surface area (TPSA) is 17.1 Å². The number of carbonyl (C=O) groups excluding carboxylic acids is 1. The molecule has 0 unspecified atom stereocenters. The van der Waals surface area contributed by atoms with E-state index in [0.717, 1.165) is 12.0 Å². The summed E-state index contributed by atoms with van der Waals surface area (Å²) in [5, 5.41) is 0. The Hall–Kier alpha value is -1.11. The molecule has 0 radical (unpaired) electrons. The SMILES string of the molecule is CC(C)c1ccc2c(c1)C(=O)CCC2(C)C. The Morgan fingerprint density at radius 2 is 1.94 bits per heavy atom. The maximum atomic E-state index is 11.9. The van der Waals surface area contributed by atoms with E-state index in [2.05, 4.69) is 45.9 Å². The zero-order valence-electron chi connectivity index (χ0n) is 10.6. The lowest BCUT2D eigenvalue weighted by atomic mass is 9.71. The summed E-state index contributed by atoms with van der Waals surface area (Å²) in [5.41, 5.74) is 3.61. The van der Waals surface area contributed by atoms with Crippen molar-refractivity contribution in [2.75, 3.05) is 0 Å². The number of hydrogen-bond acceptors (Lipinski definition) is 1. The first-order valence-electron chi connectivity index (χ1n) is 6.09. The fourth-order valence-corrected chi connectivity index (χ4v) is 2.44. The van der Waals surface area contributed by atoms with Crippen molar-refractivity contribution in [2.45, 2.75) is 51.9 Å². The second kappa shape index (κ2) is 3.73. The molecular formula is C15H20O. The molecule has 1 heteroatoms. The van der Waals surface area contributed by atoms with Gasteiger partial charge in [0.15, 0.2) is 5.78 Å². The number of benzene rings is 1. The Morgan fingerprint density at radius 3 is 2.56 bits per heavy atom. The van der Waals surface area contributed by atoms with Crippen LogP contribution in [0, 0.1) is 0 Å². The number of hydrogen-bond donors (Lipinski definition) is 0. The van der Waals surface area contributed by atoms with Gasteiger partial charge in [-0.3, -0.25) is 4.79 Å². The Kier molecular flexibility index (Phi) is 2.65. The van der Waals surface area contributed by atoms with E-state index in [0.29, 0.717) is 18.1 Å². The predicted octanol–water partition coefficient (Wildman–Crippen LogP) is 4.06. The average molecular weight is 216 g/mol. The molecule has 0 fully saturated rings. The molecular weight excluding hydrogens is 196 g/mol. The normalized spacial score (nSPS) is 18.7. The summed E-state index contributed by atoms with van der Waals surface area (Å²) >= 11 is 0. The minimum absolute atomic E-state index is 0.152. The molecule has 1 aliphatic carbocycles. The van der Waals surface area contributed by atoms with Crippen LogP contribution in [0.3, 0.4) is 0 Å². The Bertz CT molecular complexity index is 427. The van der Waals surface area contributed by atoms with Crippen molar-refractivity contribution in [2.24, 2.45) is 0 Å². The van der Waals surface area contributed by atoms with Gasteiger partial charge in [0.05, 0.1) is 0 Å². The molecule has 2 rings (SSSR count). The van der Waals surface area contributed by atoms with Gasteiger partial charge in [-0.2, -0.15) is 0 Å². The molecule has 0 aromatic heterocycles. The van der Waals surface area contributed by atoms with E-state index >= 15 is 0 Å². The molecule has 0 saturated carbocycles. The van der Waals surface area contributed by atoms with Crippen LogP contribution in [-0.4, -0.2) is 5.78 Å². The molecule has 1 aliphatic rings. The largest absolute Gasteiger partial charge is 0.294 e. The minimum Gasteiger partial charge on any atom is -0.294 e. The van der Waals surface area contributed by atoms with E-state index in [4.69, 9.17) is 0 Å². The van der Waals surface area contributed by atoms with Gasteiger partial charge in [-0.15, -0.1) is 0 Å². The van der Waals surface area contributed by atoms with Crippen LogP contribution in [0.2, 0.25) is 0 Å². The van der Waals surface area contributed by atoms with Crippen molar-refractivity contribution in [1.29, 1.82) is 0 Å². The predicted molar refractivity (Wildman–Crippen MR) is 67.1 cm³/mol. The van der Waals surface area contributed by atoms with Crippen LogP contribution in [-0.2, 0) is 5.41 Å². The standard InChI is InChI=1S/C15H20O/c1-10(2)11-5-6-13-12(9-11)14(16)7-8-15(13,3)4/h5-6,9-10H,7-8H2,1-4H3. The van der Waals surface area contributed by atoms with Gasteiger partial charge in [0.2, 0.25) is 0 Å². The molecule has 0 spiro atoms. The van der Waals surface area contributed by atoms with Crippen LogP contribution >= 0.6 is 0 Å². The number of carbonyl (C=O) groups is 1. The van der Waals surface area contributed by atoms with Crippen molar-refractivity contribution in [3.63, 3.8) is 0 Å². The summed E-state index contributed by atoms with van der Waals surface area (Å²) < 4.78 is 0. The lowest BCUT2D eigenvalue weighted by Crippen LogP contribution is -2.27. The molecule has 0 aliphatic heterocycles. The maximum absolute atomic E-state index is 11.9. The first-order valence-corrected chi connectivity index (χ1v) is 6.09. The highest BCUT2D eigenvalue weighted by molar-refractivity contribution is 5.99. The van der Waals surface area contributed by atoms with E-state index < -0.39 is 0 Å². The third-order valence-corrected chi connectivity index (χ3v) is 3.72. The highest BCUT2D eigenvalue weighted by atomic mass is 16.1. The second-order valence-electron chi connectivity index (χ2n) is 5.77. The summed E-state index contributed by atoms with van der Waals surface area (Å²) in [6.45, 7) is 8.79. The van der Waals surface area contributed by atoms with E-state index in [1.54, 1.807) is 0 Å². The molecule has 86 valence electrons. The molecule has 0 atom stereocenters. The van der Waals surface area contributed by atoms with Crippen LogP contribution in [0.15, 0.2) is 18.2 Å². The number of fused-ring (bicyclic) bond motifs is 1. The van der Waals surface area contributed by atoms with Gasteiger partial charge in [-0.1, -0.05) is 39.8 Å². The van der Waals surface area contributed by atoms with Gasteiger partial charge < -0.3 is 0 Å². The molecule has 0 N–H and O–H groups in total. The molecule has 16 heavy (non-hydrogen) atoms. The lowest BCUT2D eigenvalue weighted by molar-refractivity contribution is 0.0956. The van der Waals surface area contributed by atoms with Crippen molar-refractivity contribution in [1.82, 2.24) is 0 Å². The van der Waals surface area contributed by atoms with Gasteiger partial charge in [-0.05, 0) is 34.9 Å². The van der Waals surface area contributed by atoms with Crippen LogP contribution in [0.1, 0.15) is 67.9 Å². The third kappa shape index (κ3) is 1.79. The first kappa shape index (κ1) is 11.4. The zero-order chi connectivity index (χ0) is 11.9. The van der Waals surface area contributed by atoms with Crippen LogP contribution in [0.5, 0.6) is 0 Å². The molecule has 0 bridgehead atoms. The molecule has 0 heterocycles. The van der Waals surface area contributed by atoms with E-state index in [9.17, 15) is 4.79 Å². The van der Waals surface area contributed by atoms with Crippen LogP contribution in [0.25, 0.3) is 0 Å². The average Bonchev–Trinajstić information content (AvgIpc) is 2.23. The summed E-state index contributed by atoms with van der Waals surface area (Å²) in [6, 6.07) is 6.43. The van der Waals surface area contributed by atoms with Crippen LogP contribution < -0.4 is 0 Å². The van der Waals surface area contributed by atoms with Crippen molar-refractivity contribution < 1.29 is 4.79 Å². The molecule has 0 amide bonds. The van der Waals surface area contributed by atoms with Crippen molar-refractivity contribution in [3.8, 4) is 0 Å². The molecule has 1 aromatic carbocycles. The summed E-state index contributed by atoms with van der Waals surface area (Å²) in [7, 11) is 0. The highest BCUT2D eigenvalue weighted by Gasteiger charge is 2.31. The van der Waals surface area contributed by atoms with E-state index in [-0.39, 0.29) is 5.41 Å². The number of ketones is 1. The van der Waals surface area contributed by atoms with Gasteiger partial charge in [0.25, 0.3) is 0 Å². The van der Waals surface area contributed by atoms with E-state index in [1.165, 1.54) is 11.1 Å². The maximum Gasteiger partial charge on any atom is 0.163 e. The second-order valence-corrected chi connectivity index (χ2v) is 5.77. The quantitative estimate of drug-likeness (QED) is 0.691. The molecule has 0 saturated heterocycles. The summed E-state index contributed by atoms with van der Waals surface area (Å²) in [5.74, 6) is 0.806. The molecule has 1 aromatic rings. The fraction of sp³-hybridized carbons (Fsp3) is 0.533. The summed E-state index contributed by atoms with van der Waals surface area (Å²) in [4.78, 5) is 11.9.